The molecule has 1 aromatic heterocycles. The molecule has 98 valence electrons. The molecule has 0 saturated heterocycles. The number of Topliss-reactive ketones (excluding diaryl/α,β-unsaturated/α-hetero) is 1. The smallest absolute Gasteiger partial charge is 0.248 e. The van der Waals surface area contributed by atoms with Gasteiger partial charge in [-0.25, -0.2) is 13.8 Å². The number of aromatic nitrogens is 1. The summed E-state index contributed by atoms with van der Waals surface area (Å²) in [5.41, 5.74) is 6.68. The summed E-state index contributed by atoms with van der Waals surface area (Å²) in [7, 11) is 0. The Kier molecular flexibility index (Phi) is 3.32. The molecular formula is C13H16F2N2O. The number of nitrogen functional groups attached to an aromatic ring is 1. The van der Waals surface area contributed by atoms with E-state index in [0.717, 1.165) is 0 Å². The van der Waals surface area contributed by atoms with Crippen LogP contribution in [0.3, 0.4) is 0 Å². The van der Waals surface area contributed by atoms with Crippen molar-refractivity contribution >= 4 is 11.6 Å². The molecule has 1 fully saturated rings. The van der Waals surface area contributed by atoms with Crippen LogP contribution in [0, 0.1) is 12.8 Å². The lowest BCUT2D eigenvalue weighted by molar-refractivity contribution is -0.0478. The fraction of sp³-hybridized carbons (Fsp3) is 0.538. The zero-order valence-electron chi connectivity index (χ0n) is 10.2. The minimum absolute atomic E-state index is 0.127. The van der Waals surface area contributed by atoms with Crippen LogP contribution in [-0.4, -0.2) is 16.7 Å². The standard InChI is InChI=1S/C13H16F2N2O/c1-8-4-6-17-12(16)10(8)11(18)9-3-2-5-13(14,15)7-9/h4,6,9H,2-3,5,7H2,1H3,(H2,16,17). The molecule has 3 nitrogen and oxygen atoms in total. The predicted octanol–water partition coefficient (Wildman–Crippen LogP) is 2.98. The van der Waals surface area contributed by atoms with Gasteiger partial charge >= 0.3 is 0 Å². The first-order valence-corrected chi connectivity index (χ1v) is 6.04. The second-order valence-electron chi connectivity index (χ2n) is 4.90. The second-order valence-corrected chi connectivity index (χ2v) is 4.90. The Morgan fingerprint density at radius 1 is 1.56 bits per heavy atom. The van der Waals surface area contributed by atoms with Crippen molar-refractivity contribution in [2.45, 2.75) is 38.5 Å². The largest absolute Gasteiger partial charge is 0.383 e. The molecule has 1 atom stereocenters. The first-order valence-electron chi connectivity index (χ1n) is 6.04. The number of ketones is 1. The number of rotatable bonds is 2. The molecule has 0 spiro atoms. The van der Waals surface area contributed by atoms with Gasteiger partial charge in [0.15, 0.2) is 5.78 Å². The van der Waals surface area contributed by atoms with Crippen molar-refractivity contribution in [3.8, 4) is 0 Å². The number of hydrogen-bond donors (Lipinski definition) is 1. The van der Waals surface area contributed by atoms with E-state index >= 15 is 0 Å². The molecule has 1 unspecified atom stereocenters. The van der Waals surface area contributed by atoms with Crippen molar-refractivity contribution in [3.63, 3.8) is 0 Å². The van der Waals surface area contributed by atoms with Crippen molar-refractivity contribution in [2.24, 2.45) is 5.92 Å². The number of carbonyl (C=O) groups is 1. The van der Waals surface area contributed by atoms with E-state index in [1.165, 1.54) is 6.20 Å². The molecule has 18 heavy (non-hydrogen) atoms. The molecule has 0 bridgehead atoms. The van der Waals surface area contributed by atoms with Crippen molar-refractivity contribution in [1.82, 2.24) is 4.98 Å². The van der Waals surface area contributed by atoms with Crippen LogP contribution in [0.2, 0.25) is 0 Å². The highest BCUT2D eigenvalue weighted by Gasteiger charge is 2.39. The maximum atomic E-state index is 13.3. The van der Waals surface area contributed by atoms with Gasteiger partial charge in [-0.05, 0) is 31.4 Å². The van der Waals surface area contributed by atoms with Gasteiger partial charge in [-0.15, -0.1) is 0 Å². The molecule has 2 rings (SSSR count). The summed E-state index contributed by atoms with van der Waals surface area (Å²) in [6.45, 7) is 1.74. The van der Waals surface area contributed by atoms with E-state index in [1.807, 2.05) is 0 Å². The molecule has 0 radical (unpaired) electrons. The highest BCUT2D eigenvalue weighted by molar-refractivity contribution is 6.02. The number of pyridine rings is 1. The average molecular weight is 254 g/mol. The van der Waals surface area contributed by atoms with Gasteiger partial charge < -0.3 is 5.73 Å². The van der Waals surface area contributed by atoms with Crippen molar-refractivity contribution in [1.29, 1.82) is 0 Å². The summed E-state index contributed by atoms with van der Waals surface area (Å²) in [4.78, 5) is 16.1. The number of halogens is 2. The zero-order valence-corrected chi connectivity index (χ0v) is 10.2. The van der Waals surface area contributed by atoms with Crippen molar-refractivity contribution in [2.75, 3.05) is 5.73 Å². The number of hydrogen-bond acceptors (Lipinski definition) is 3. The number of aryl methyl sites for hydroxylation is 1. The van der Waals surface area contributed by atoms with Gasteiger partial charge in [-0.2, -0.15) is 0 Å². The number of nitrogens with two attached hydrogens (primary N) is 1. The third-order valence-electron chi connectivity index (χ3n) is 3.45. The van der Waals surface area contributed by atoms with Gasteiger partial charge in [0.2, 0.25) is 5.92 Å². The molecule has 0 aromatic carbocycles. The Morgan fingerprint density at radius 3 is 2.89 bits per heavy atom. The van der Waals surface area contributed by atoms with Gasteiger partial charge in [-0.1, -0.05) is 0 Å². The molecule has 1 saturated carbocycles. The summed E-state index contributed by atoms with van der Waals surface area (Å²) < 4.78 is 26.7. The summed E-state index contributed by atoms with van der Waals surface area (Å²) in [5.74, 6) is -3.53. The normalized spacial score (nSPS) is 22.7. The highest BCUT2D eigenvalue weighted by atomic mass is 19.3. The van der Waals surface area contributed by atoms with E-state index in [4.69, 9.17) is 5.73 Å². The van der Waals surface area contributed by atoms with Gasteiger partial charge in [0.25, 0.3) is 0 Å². The molecule has 1 aliphatic carbocycles. The highest BCUT2D eigenvalue weighted by Crippen LogP contribution is 2.38. The molecule has 0 amide bonds. The van der Waals surface area contributed by atoms with E-state index in [9.17, 15) is 13.6 Å². The lowest BCUT2D eigenvalue weighted by Crippen LogP contribution is -2.31. The fourth-order valence-corrected chi connectivity index (χ4v) is 2.50. The lowest BCUT2D eigenvalue weighted by Gasteiger charge is -2.28. The Balaban J connectivity index is 2.26. The Hall–Kier alpha value is -1.52. The zero-order chi connectivity index (χ0) is 13.3. The number of anilines is 1. The van der Waals surface area contributed by atoms with Crippen LogP contribution >= 0.6 is 0 Å². The quantitative estimate of drug-likeness (QED) is 0.825. The molecule has 2 N–H and O–H groups in total. The maximum Gasteiger partial charge on any atom is 0.248 e. The second kappa shape index (κ2) is 4.63. The number of carbonyl (C=O) groups excluding carboxylic acids is 1. The topological polar surface area (TPSA) is 56.0 Å². The summed E-state index contributed by atoms with van der Waals surface area (Å²) >= 11 is 0. The van der Waals surface area contributed by atoms with Gasteiger partial charge in [-0.3, -0.25) is 4.79 Å². The molecule has 1 aliphatic rings. The van der Waals surface area contributed by atoms with E-state index < -0.39 is 11.8 Å². The van der Waals surface area contributed by atoms with Crippen LogP contribution in [0.25, 0.3) is 0 Å². The Bertz CT molecular complexity index is 454. The Morgan fingerprint density at radius 2 is 2.28 bits per heavy atom. The third kappa shape index (κ3) is 2.49. The average Bonchev–Trinajstić information content (AvgIpc) is 2.27. The van der Waals surface area contributed by atoms with Crippen molar-refractivity contribution in [3.05, 3.63) is 23.4 Å². The van der Waals surface area contributed by atoms with Gasteiger partial charge in [0, 0.05) is 25.0 Å². The third-order valence-corrected chi connectivity index (χ3v) is 3.45. The predicted molar refractivity (Wildman–Crippen MR) is 64.6 cm³/mol. The van der Waals surface area contributed by atoms with Crippen LogP contribution in [0.15, 0.2) is 12.3 Å². The molecule has 1 aromatic rings. The van der Waals surface area contributed by atoms with Gasteiger partial charge in [0.1, 0.15) is 5.82 Å². The SMILES string of the molecule is Cc1ccnc(N)c1C(=O)C1CCCC(F)(F)C1. The number of nitrogens with zero attached hydrogens (tertiary/aromatic N) is 1. The molecule has 1 heterocycles. The molecule has 5 heteroatoms. The molecule has 0 aliphatic heterocycles. The van der Waals surface area contributed by atoms with Crippen molar-refractivity contribution < 1.29 is 13.6 Å². The summed E-state index contributed by atoms with van der Waals surface area (Å²) in [6.07, 6.45) is 1.89. The Labute approximate surface area is 104 Å². The summed E-state index contributed by atoms with van der Waals surface area (Å²) in [5, 5.41) is 0. The summed E-state index contributed by atoms with van der Waals surface area (Å²) in [6, 6.07) is 1.67. The van der Waals surface area contributed by atoms with E-state index in [0.29, 0.717) is 24.0 Å². The first-order chi connectivity index (χ1) is 8.41. The van der Waals surface area contributed by atoms with Crippen LogP contribution in [0.1, 0.15) is 41.6 Å². The van der Waals surface area contributed by atoms with Crippen LogP contribution in [0.5, 0.6) is 0 Å². The lowest BCUT2D eigenvalue weighted by atomic mass is 9.81. The first kappa shape index (κ1) is 12.9. The minimum Gasteiger partial charge on any atom is -0.383 e. The van der Waals surface area contributed by atoms with Crippen LogP contribution in [-0.2, 0) is 0 Å². The van der Waals surface area contributed by atoms with E-state index in [1.54, 1.807) is 13.0 Å². The number of alkyl halides is 2. The minimum atomic E-state index is -2.73. The maximum absolute atomic E-state index is 13.3. The van der Waals surface area contributed by atoms with E-state index in [-0.39, 0.29) is 24.4 Å². The molecular weight excluding hydrogens is 238 g/mol. The monoisotopic (exact) mass is 254 g/mol. The van der Waals surface area contributed by atoms with E-state index in [2.05, 4.69) is 4.98 Å². The van der Waals surface area contributed by atoms with Gasteiger partial charge in [0.05, 0.1) is 5.56 Å². The van der Waals surface area contributed by atoms with Crippen LogP contribution < -0.4 is 5.73 Å². The fourth-order valence-electron chi connectivity index (χ4n) is 2.50. The van der Waals surface area contributed by atoms with Crippen LogP contribution in [0.4, 0.5) is 14.6 Å².